The summed E-state index contributed by atoms with van der Waals surface area (Å²) >= 11 is 0. The van der Waals surface area contributed by atoms with Crippen LogP contribution in [-0.2, 0) is 0 Å². The fourth-order valence-electron chi connectivity index (χ4n) is 2.24. The SMILES string of the molecule is CC[C@H](C)Nc1nc(Nc2ccc(F)cc2)cc(-c2cccnc2)n1. The summed E-state index contributed by atoms with van der Waals surface area (Å²) < 4.78 is 13.1. The zero-order valence-corrected chi connectivity index (χ0v) is 14.2. The molecule has 1 atom stereocenters. The Bertz CT molecular complexity index is 821. The molecular weight excluding hydrogens is 317 g/mol. The molecule has 0 amide bonds. The molecule has 128 valence electrons. The average Bonchev–Trinajstić information content (AvgIpc) is 2.64. The van der Waals surface area contributed by atoms with Gasteiger partial charge in [0.05, 0.1) is 5.69 Å². The van der Waals surface area contributed by atoms with Gasteiger partial charge >= 0.3 is 0 Å². The third kappa shape index (κ3) is 4.50. The number of pyridine rings is 1. The predicted octanol–water partition coefficient (Wildman–Crippen LogP) is 4.63. The van der Waals surface area contributed by atoms with Crippen LogP contribution in [-0.4, -0.2) is 21.0 Å². The number of aromatic nitrogens is 3. The van der Waals surface area contributed by atoms with Gasteiger partial charge in [0.1, 0.15) is 11.6 Å². The second-order valence-corrected chi connectivity index (χ2v) is 5.79. The van der Waals surface area contributed by atoms with Crippen molar-refractivity contribution in [2.24, 2.45) is 0 Å². The molecule has 25 heavy (non-hydrogen) atoms. The van der Waals surface area contributed by atoms with Crippen molar-refractivity contribution in [1.29, 1.82) is 0 Å². The molecule has 3 aromatic rings. The zero-order chi connectivity index (χ0) is 17.6. The number of nitrogens with one attached hydrogen (secondary N) is 2. The van der Waals surface area contributed by atoms with Crippen molar-refractivity contribution in [3.05, 3.63) is 60.7 Å². The molecule has 0 unspecified atom stereocenters. The molecule has 1 aromatic carbocycles. The molecule has 2 heterocycles. The number of hydrogen-bond acceptors (Lipinski definition) is 5. The molecule has 0 aliphatic rings. The van der Waals surface area contributed by atoms with Gasteiger partial charge in [-0.05, 0) is 49.7 Å². The van der Waals surface area contributed by atoms with Crippen LogP contribution in [0.4, 0.5) is 21.8 Å². The molecule has 2 aromatic heterocycles. The smallest absolute Gasteiger partial charge is 0.225 e. The molecule has 2 N–H and O–H groups in total. The standard InChI is InChI=1S/C19H20FN5/c1-3-13(2)22-19-24-17(14-5-4-10-21-12-14)11-18(25-19)23-16-8-6-15(20)7-9-16/h4-13H,3H2,1-2H3,(H2,22,23,24,25)/t13-/m0/s1. The lowest BCUT2D eigenvalue weighted by molar-refractivity contribution is 0.628. The maximum absolute atomic E-state index is 13.1. The van der Waals surface area contributed by atoms with E-state index < -0.39 is 0 Å². The summed E-state index contributed by atoms with van der Waals surface area (Å²) in [6.45, 7) is 4.17. The Hall–Kier alpha value is -3.02. The summed E-state index contributed by atoms with van der Waals surface area (Å²) in [5.74, 6) is 0.898. The molecule has 5 nitrogen and oxygen atoms in total. The molecule has 0 fully saturated rings. The van der Waals surface area contributed by atoms with Crippen molar-refractivity contribution in [3.63, 3.8) is 0 Å². The highest BCUT2D eigenvalue weighted by Gasteiger charge is 2.09. The first-order valence-corrected chi connectivity index (χ1v) is 8.22. The van der Waals surface area contributed by atoms with Gasteiger partial charge in [0.2, 0.25) is 5.95 Å². The van der Waals surface area contributed by atoms with Crippen molar-refractivity contribution in [2.45, 2.75) is 26.3 Å². The predicted molar refractivity (Wildman–Crippen MR) is 98.3 cm³/mol. The minimum Gasteiger partial charge on any atom is -0.352 e. The maximum Gasteiger partial charge on any atom is 0.225 e. The lowest BCUT2D eigenvalue weighted by atomic mass is 10.2. The van der Waals surface area contributed by atoms with E-state index in [2.05, 4.69) is 39.4 Å². The van der Waals surface area contributed by atoms with E-state index >= 15 is 0 Å². The lowest BCUT2D eigenvalue weighted by Gasteiger charge is -2.14. The average molecular weight is 337 g/mol. The minimum atomic E-state index is -0.275. The monoisotopic (exact) mass is 337 g/mol. The highest BCUT2D eigenvalue weighted by atomic mass is 19.1. The first kappa shape index (κ1) is 16.8. The van der Waals surface area contributed by atoms with Gasteiger partial charge in [-0.1, -0.05) is 6.92 Å². The van der Waals surface area contributed by atoms with Crippen LogP contribution in [0.5, 0.6) is 0 Å². The summed E-state index contributed by atoms with van der Waals surface area (Å²) in [6, 6.07) is 12.1. The van der Waals surface area contributed by atoms with Crippen molar-refractivity contribution in [2.75, 3.05) is 10.6 Å². The van der Waals surface area contributed by atoms with E-state index in [9.17, 15) is 4.39 Å². The van der Waals surface area contributed by atoms with Crippen LogP contribution < -0.4 is 10.6 Å². The number of halogens is 1. The Morgan fingerprint density at radius 1 is 1.12 bits per heavy atom. The van der Waals surface area contributed by atoms with Gasteiger partial charge in [0.25, 0.3) is 0 Å². The molecule has 0 saturated heterocycles. The van der Waals surface area contributed by atoms with Crippen molar-refractivity contribution >= 4 is 17.5 Å². The van der Waals surface area contributed by atoms with Crippen LogP contribution in [0.15, 0.2) is 54.9 Å². The Labute approximate surface area is 146 Å². The molecule has 0 aliphatic carbocycles. The summed E-state index contributed by atoms with van der Waals surface area (Å²) in [4.78, 5) is 13.3. The van der Waals surface area contributed by atoms with Gasteiger partial charge in [0.15, 0.2) is 0 Å². The molecule has 0 saturated carbocycles. The maximum atomic E-state index is 13.1. The number of rotatable bonds is 6. The third-order valence-electron chi connectivity index (χ3n) is 3.79. The number of benzene rings is 1. The summed E-state index contributed by atoms with van der Waals surface area (Å²) in [5, 5.41) is 6.49. The van der Waals surface area contributed by atoms with Crippen LogP contribution >= 0.6 is 0 Å². The fourth-order valence-corrected chi connectivity index (χ4v) is 2.24. The second kappa shape index (κ2) is 7.70. The quantitative estimate of drug-likeness (QED) is 0.686. The van der Waals surface area contributed by atoms with E-state index in [0.717, 1.165) is 23.4 Å². The Balaban J connectivity index is 1.95. The molecular formula is C19H20FN5. The molecule has 3 rings (SSSR count). The van der Waals surface area contributed by atoms with E-state index in [1.807, 2.05) is 18.2 Å². The second-order valence-electron chi connectivity index (χ2n) is 5.79. The van der Waals surface area contributed by atoms with E-state index in [1.54, 1.807) is 24.5 Å². The molecule has 0 aliphatic heterocycles. The highest BCUT2D eigenvalue weighted by Crippen LogP contribution is 2.23. The van der Waals surface area contributed by atoms with E-state index in [1.165, 1.54) is 12.1 Å². The Morgan fingerprint density at radius 3 is 2.60 bits per heavy atom. The highest BCUT2D eigenvalue weighted by molar-refractivity contribution is 5.66. The summed E-state index contributed by atoms with van der Waals surface area (Å²) in [5.41, 5.74) is 2.42. The fraction of sp³-hybridized carbons (Fsp3) is 0.211. The molecule has 0 bridgehead atoms. The number of anilines is 3. The summed E-state index contributed by atoms with van der Waals surface area (Å²) in [6.07, 6.45) is 4.44. The van der Waals surface area contributed by atoms with Crippen molar-refractivity contribution in [1.82, 2.24) is 15.0 Å². The van der Waals surface area contributed by atoms with Crippen LogP contribution in [0, 0.1) is 5.82 Å². The number of nitrogens with zero attached hydrogens (tertiary/aromatic N) is 3. The topological polar surface area (TPSA) is 62.7 Å². The van der Waals surface area contributed by atoms with Gasteiger partial charge in [0, 0.05) is 35.8 Å². The van der Waals surface area contributed by atoms with E-state index in [4.69, 9.17) is 0 Å². The lowest BCUT2D eigenvalue weighted by Crippen LogP contribution is -2.16. The third-order valence-corrected chi connectivity index (χ3v) is 3.79. The Morgan fingerprint density at radius 2 is 1.92 bits per heavy atom. The van der Waals surface area contributed by atoms with Crippen LogP contribution in [0.25, 0.3) is 11.3 Å². The van der Waals surface area contributed by atoms with Gasteiger partial charge < -0.3 is 10.6 Å². The molecule has 0 radical (unpaired) electrons. The van der Waals surface area contributed by atoms with E-state index in [-0.39, 0.29) is 11.9 Å². The van der Waals surface area contributed by atoms with Gasteiger partial charge in [-0.25, -0.2) is 9.37 Å². The molecule has 0 spiro atoms. The van der Waals surface area contributed by atoms with E-state index in [0.29, 0.717) is 11.8 Å². The minimum absolute atomic E-state index is 0.253. The molecule has 6 heteroatoms. The zero-order valence-electron chi connectivity index (χ0n) is 14.2. The van der Waals surface area contributed by atoms with Gasteiger partial charge in [-0.3, -0.25) is 4.98 Å². The summed E-state index contributed by atoms with van der Waals surface area (Å²) in [7, 11) is 0. The van der Waals surface area contributed by atoms with Gasteiger partial charge in [-0.2, -0.15) is 4.98 Å². The normalized spacial score (nSPS) is 11.8. The van der Waals surface area contributed by atoms with Gasteiger partial charge in [-0.15, -0.1) is 0 Å². The largest absolute Gasteiger partial charge is 0.352 e. The van der Waals surface area contributed by atoms with Crippen molar-refractivity contribution in [3.8, 4) is 11.3 Å². The number of hydrogen-bond donors (Lipinski definition) is 2. The van der Waals surface area contributed by atoms with Crippen molar-refractivity contribution < 1.29 is 4.39 Å². The first-order chi connectivity index (χ1) is 12.1. The van der Waals surface area contributed by atoms with Crippen LogP contribution in [0.1, 0.15) is 20.3 Å². The Kier molecular flexibility index (Phi) is 5.18. The van der Waals surface area contributed by atoms with Crippen LogP contribution in [0.3, 0.4) is 0 Å². The van der Waals surface area contributed by atoms with Crippen LogP contribution in [0.2, 0.25) is 0 Å². The first-order valence-electron chi connectivity index (χ1n) is 8.22.